The zero-order chi connectivity index (χ0) is 21.3. The van der Waals surface area contributed by atoms with Crippen LogP contribution in [-0.4, -0.2) is 36.3 Å². The molecule has 0 unspecified atom stereocenters. The van der Waals surface area contributed by atoms with Gasteiger partial charge in [-0.3, -0.25) is 4.79 Å². The lowest BCUT2D eigenvalue weighted by Gasteiger charge is -2.07. The number of ketones is 1. The van der Waals surface area contributed by atoms with Crippen molar-refractivity contribution >= 4 is 23.2 Å². The fraction of sp³-hybridized carbons (Fsp3) is 0.182. The van der Waals surface area contributed by atoms with E-state index >= 15 is 0 Å². The van der Waals surface area contributed by atoms with Crippen molar-refractivity contribution in [2.75, 3.05) is 14.2 Å². The molecule has 2 aromatic heterocycles. The summed E-state index contributed by atoms with van der Waals surface area (Å²) in [4.78, 5) is 38.6. The first-order valence-electron chi connectivity index (χ1n) is 8.70. The largest absolute Gasteiger partial charge is 0.465 e. The molecule has 0 aliphatic heterocycles. The molecule has 0 amide bonds. The van der Waals surface area contributed by atoms with Gasteiger partial charge in [0.15, 0.2) is 0 Å². The average Bonchev–Trinajstić information content (AvgIpc) is 3.07. The fourth-order valence-electron chi connectivity index (χ4n) is 3.41. The van der Waals surface area contributed by atoms with Crippen LogP contribution < -0.4 is 0 Å². The highest BCUT2D eigenvalue weighted by molar-refractivity contribution is 6.20. The number of hydrogen-bond acceptors (Lipinski definition) is 6. The minimum Gasteiger partial charge on any atom is -0.465 e. The SMILES string of the molecule is COC(=O)c1c(C(=O)OC)c2c(C)cc(C)cn2c1C(=O)c1ccc(C#N)cc1. The molecule has 0 saturated carbocycles. The third kappa shape index (κ3) is 3.25. The number of aromatic nitrogens is 1. The van der Waals surface area contributed by atoms with Crippen LogP contribution in [0.5, 0.6) is 0 Å². The van der Waals surface area contributed by atoms with Crippen LogP contribution in [0.4, 0.5) is 0 Å². The number of esters is 2. The maximum Gasteiger partial charge on any atom is 0.341 e. The van der Waals surface area contributed by atoms with E-state index < -0.39 is 17.7 Å². The van der Waals surface area contributed by atoms with Crippen LogP contribution in [0.25, 0.3) is 5.52 Å². The van der Waals surface area contributed by atoms with Gasteiger partial charge in [-0.25, -0.2) is 9.59 Å². The molecular formula is C22H18N2O5. The highest BCUT2D eigenvalue weighted by Gasteiger charge is 2.33. The first kappa shape index (κ1) is 19.8. The maximum atomic E-state index is 13.4. The van der Waals surface area contributed by atoms with Crippen LogP contribution in [-0.2, 0) is 9.47 Å². The van der Waals surface area contributed by atoms with Gasteiger partial charge >= 0.3 is 11.9 Å². The van der Waals surface area contributed by atoms with Gasteiger partial charge in [-0.1, -0.05) is 6.07 Å². The first-order chi connectivity index (χ1) is 13.8. The molecule has 29 heavy (non-hydrogen) atoms. The van der Waals surface area contributed by atoms with E-state index in [1.54, 1.807) is 13.1 Å². The molecule has 0 N–H and O–H groups in total. The third-order valence-electron chi connectivity index (χ3n) is 4.63. The van der Waals surface area contributed by atoms with E-state index in [9.17, 15) is 14.4 Å². The van der Waals surface area contributed by atoms with Crippen molar-refractivity contribution in [1.29, 1.82) is 5.26 Å². The topological polar surface area (TPSA) is 97.9 Å². The predicted molar refractivity (Wildman–Crippen MR) is 104 cm³/mol. The summed E-state index contributed by atoms with van der Waals surface area (Å²) in [5.41, 5.74) is 2.45. The number of nitrogens with zero attached hydrogens (tertiary/aromatic N) is 2. The first-order valence-corrected chi connectivity index (χ1v) is 8.70. The van der Waals surface area contributed by atoms with Gasteiger partial charge in [0.05, 0.1) is 31.4 Å². The number of rotatable bonds is 4. The van der Waals surface area contributed by atoms with Gasteiger partial charge in [0, 0.05) is 11.8 Å². The Labute approximate surface area is 167 Å². The number of hydrogen-bond donors (Lipinski definition) is 0. The zero-order valence-corrected chi connectivity index (χ0v) is 16.4. The van der Waals surface area contributed by atoms with Crippen LogP contribution in [0.2, 0.25) is 0 Å². The molecule has 0 aliphatic carbocycles. The number of carbonyl (C=O) groups excluding carboxylic acids is 3. The Morgan fingerprint density at radius 1 is 0.966 bits per heavy atom. The van der Waals surface area contributed by atoms with Crippen LogP contribution in [0.3, 0.4) is 0 Å². The second-order valence-corrected chi connectivity index (χ2v) is 6.52. The van der Waals surface area contributed by atoms with E-state index in [0.29, 0.717) is 16.6 Å². The van der Waals surface area contributed by atoms with E-state index in [-0.39, 0.29) is 22.4 Å². The summed E-state index contributed by atoms with van der Waals surface area (Å²) in [7, 11) is 2.39. The monoisotopic (exact) mass is 390 g/mol. The highest BCUT2D eigenvalue weighted by atomic mass is 16.5. The molecule has 7 nitrogen and oxygen atoms in total. The molecule has 0 aliphatic rings. The third-order valence-corrected chi connectivity index (χ3v) is 4.63. The summed E-state index contributed by atoms with van der Waals surface area (Å²) in [5.74, 6) is -2.04. The molecule has 146 valence electrons. The molecular weight excluding hydrogens is 372 g/mol. The Morgan fingerprint density at radius 3 is 2.10 bits per heavy atom. The van der Waals surface area contributed by atoms with Crippen LogP contribution in [0, 0.1) is 25.2 Å². The van der Waals surface area contributed by atoms with Gasteiger partial charge < -0.3 is 13.9 Å². The second-order valence-electron chi connectivity index (χ2n) is 6.52. The lowest BCUT2D eigenvalue weighted by molar-refractivity contribution is 0.0556. The van der Waals surface area contributed by atoms with Gasteiger partial charge in [0.25, 0.3) is 0 Å². The molecule has 7 heteroatoms. The smallest absolute Gasteiger partial charge is 0.341 e. The summed E-state index contributed by atoms with van der Waals surface area (Å²) < 4.78 is 11.3. The van der Waals surface area contributed by atoms with Crippen LogP contribution in [0.15, 0.2) is 36.5 Å². The lowest BCUT2D eigenvalue weighted by atomic mass is 10.0. The van der Waals surface area contributed by atoms with E-state index in [1.807, 2.05) is 19.1 Å². The molecule has 2 heterocycles. The second kappa shape index (κ2) is 7.60. The molecule has 3 rings (SSSR count). The molecule has 1 aromatic carbocycles. The van der Waals surface area contributed by atoms with Crippen molar-refractivity contribution in [2.24, 2.45) is 0 Å². The molecule has 0 spiro atoms. The van der Waals surface area contributed by atoms with E-state index in [2.05, 4.69) is 0 Å². The number of benzene rings is 1. The van der Waals surface area contributed by atoms with Crippen molar-refractivity contribution in [2.45, 2.75) is 13.8 Å². The van der Waals surface area contributed by atoms with E-state index in [0.717, 1.165) is 5.56 Å². The number of aryl methyl sites for hydroxylation is 2. The Morgan fingerprint density at radius 2 is 1.55 bits per heavy atom. The molecule has 0 fully saturated rings. The van der Waals surface area contributed by atoms with Crippen molar-refractivity contribution in [1.82, 2.24) is 4.40 Å². The summed E-state index contributed by atoms with van der Waals surface area (Å²) in [6.45, 7) is 3.63. The molecule has 0 bridgehead atoms. The quantitative estimate of drug-likeness (QED) is 0.501. The van der Waals surface area contributed by atoms with Crippen molar-refractivity contribution in [3.63, 3.8) is 0 Å². The summed E-state index contributed by atoms with van der Waals surface area (Å²) in [5, 5.41) is 8.98. The van der Waals surface area contributed by atoms with Crippen LogP contribution >= 0.6 is 0 Å². The van der Waals surface area contributed by atoms with Crippen molar-refractivity contribution in [3.05, 3.63) is 75.6 Å². The Balaban J connectivity index is 2.43. The lowest BCUT2D eigenvalue weighted by Crippen LogP contribution is -2.15. The average molecular weight is 390 g/mol. The number of ether oxygens (including phenoxy) is 2. The fourth-order valence-corrected chi connectivity index (χ4v) is 3.41. The molecule has 3 aromatic rings. The maximum absolute atomic E-state index is 13.4. The Bertz CT molecular complexity index is 1200. The zero-order valence-electron chi connectivity index (χ0n) is 16.4. The Kier molecular flexibility index (Phi) is 5.20. The van der Waals surface area contributed by atoms with Gasteiger partial charge in [-0.2, -0.15) is 5.26 Å². The summed E-state index contributed by atoms with van der Waals surface area (Å²) in [6.07, 6.45) is 1.68. The Hall–Kier alpha value is -3.92. The minimum atomic E-state index is -0.817. The standard InChI is InChI=1S/C22H18N2O5/c1-12-9-13(2)18-16(21(26)28-3)17(22(27)29-4)19(24(18)11-12)20(25)15-7-5-14(10-23)6-8-15/h5-9,11H,1-4H3. The number of pyridine rings is 1. The number of nitriles is 1. The summed E-state index contributed by atoms with van der Waals surface area (Å²) >= 11 is 0. The van der Waals surface area contributed by atoms with Gasteiger partial charge in [-0.15, -0.1) is 0 Å². The predicted octanol–water partition coefficient (Wildman–Crippen LogP) is 3.23. The summed E-state index contributed by atoms with van der Waals surface area (Å²) in [6, 6.07) is 9.87. The van der Waals surface area contributed by atoms with Crippen molar-refractivity contribution in [3.8, 4) is 6.07 Å². The normalized spacial score (nSPS) is 10.4. The molecule has 0 saturated heterocycles. The van der Waals surface area contributed by atoms with Gasteiger partial charge in [0.2, 0.25) is 5.78 Å². The van der Waals surface area contributed by atoms with Crippen LogP contribution in [0.1, 0.15) is 53.5 Å². The number of fused-ring (bicyclic) bond motifs is 1. The van der Waals surface area contributed by atoms with Gasteiger partial charge in [0.1, 0.15) is 16.8 Å². The minimum absolute atomic E-state index is 0.00348. The van der Waals surface area contributed by atoms with E-state index in [1.165, 1.54) is 42.9 Å². The molecule has 0 radical (unpaired) electrons. The number of carbonyl (C=O) groups is 3. The molecule has 0 atom stereocenters. The number of methoxy groups -OCH3 is 2. The van der Waals surface area contributed by atoms with Crippen molar-refractivity contribution < 1.29 is 23.9 Å². The van der Waals surface area contributed by atoms with E-state index in [4.69, 9.17) is 14.7 Å². The van der Waals surface area contributed by atoms with Gasteiger partial charge in [-0.05, 0) is 49.2 Å². The highest BCUT2D eigenvalue weighted by Crippen LogP contribution is 2.30.